The Morgan fingerprint density at radius 2 is 1.95 bits per heavy atom. The summed E-state index contributed by atoms with van der Waals surface area (Å²) in [5.41, 5.74) is 0.711. The Labute approximate surface area is 112 Å². The molecule has 0 aromatic rings. The van der Waals surface area contributed by atoms with Crippen molar-refractivity contribution in [1.82, 2.24) is 10.2 Å². The number of rotatable bonds is 3. The van der Waals surface area contributed by atoms with Crippen LogP contribution in [-0.2, 0) is 4.79 Å². The minimum atomic E-state index is -2.42. The molecule has 5 heteroatoms. The molecule has 0 spiro atoms. The van der Waals surface area contributed by atoms with E-state index in [4.69, 9.17) is 0 Å². The summed E-state index contributed by atoms with van der Waals surface area (Å²) in [6, 6.07) is 0.182. The van der Waals surface area contributed by atoms with E-state index in [0.717, 1.165) is 19.3 Å². The maximum absolute atomic E-state index is 12.9. The maximum Gasteiger partial charge on any atom is 0.265 e. The molecule has 0 bridgehead atoms. The number of allylic oxidation sites excluding steroid dienone is 3. The van der Waals surface area contributed by atoms with Crippen molar-refractivity contribution in [1.29, 1.82) is 0 Å². The van der Waals surface area contributed by atoms with Gasteiger partial charge >= 0.3 is 0 Å². The van der Waals surface area contributed by atoms with Crippen molar-refractivity contribution in [2.75, 3.05) is 13.1 Å². The molecule has 19 heavy (non-hydrogen) atoms. The van der Waals surface area contributed by atoms with Gasteiger partial charge in [-0.1, -0.05) is 12.2 Å². The number of carbonyl (C=O) groups excluding carboxylic acids is 1. The number of hydrogen-bond acceptors (Lipinski definition) is 2. The highest BCUT2D eigenvalue weighted by atomic mass is 19.3. The van der Waals surface area contributed by atoms with Crippen molar-refractivity contribution < 1.29 is 13.6 Å². The van der Waals surface area contributed by atoms with Crippen molar-refractivity contribution >= 4 is 5.91 Å². The highest BCUT2D eigenvalue weighted by Crippen LogP contribution is 2.24. The number of nitrogens with one attached hydrogen (secondary N) is 1. The molecule has 1 fully saturated rings. The van der Waals surface area contributed by atoms with E-state index in [9.17, 15) is 13.6 Å². The van der Waals surface area contributed by atoms with E-state index in [0.29, 0.717) is 25.2 Å². The number of carbonyl (C=O) groups is 1. The van der Waals surface area contributed by atoms with Gasteiger partial charge in [0.2, 0.25) is 5.91 Å². The Kier molecular flexibility index (Phi) is 4.56. The third-order valence-electron chi connectivity index (χ3n) is 3.73. The minimum Gasteiger partial charge on any atom is -0.382 e. The first-order valence-corrected chi connectivity index (χ1v) is 6.78. The SMILES string of the molecule is CC(=O)N1CCC(NC2=CCCC=C2C(F)F)CC1. The summed E-state index contributed by atoms with van der Waals surface area (Å²) in [6.07, 6.45) is 4.19. The first-order valence-electron chi connectivity index (χ1n) is 6.78. The fraction of sp³-hybridized carbons (Fsp3) is 0.643. The summed E-state index contributed by atoms with van der Waals surface area (Å²) in [4.78, 5) is 13.0. The predicted molar refractivity (Wildman–Crippen MR) is 69.8 cm³/mol. The summed E-state index contributed by atoms with van der Waals surface area (Å²) in [5.74, 6) is 0.0866. The molecule has 106 valence electrons. The number of nitrogens with zero attached hydrogens (tertiary/aromatic N) is 1. The highest BCUT2D eigenvalue weighted by molar-refractivity contribution is 5.73. The van der Waals surface area contributed by atoms with Crippen LogP contribution in [0.1, 0.15) is 32.6 Å². The zero-order valence-corrected chi connectivity index (χ0v) is 11.2. The molecule has 0 atom stereocenters. The molecule has 1 heterocycles. The van der Waals surface area contributed by atoms with Gasteiger partial charge in [0.15, 0.2) is 0 Å². The summed E-state index contributed by atoms with van der Waals surface area (Å²) in [7, 11) is 0. The van der Waals surface area contributed by atoms with Crippen LogP contribution in [0, 0.1) is 0 Å². The van der Waals surface area contributed by atoms with Gasteiger partial charge in [-0.25, -0.2) is 8.78 Å². The topological polar surface area (TPSA) is 32.3 Å². The quantitative estimate of drug-likeness (QED) is 0.854. The average Bonchev–Trinajstić information content (AvgIpc) is 2.39. The van der Waals surface area contributed by atoms with Crippen LogP contribution < -0.4 is 5.32 Å². The Morgan fingerprint density at radius 1 is 1.32 bits per heavy atom. The summed E-state index contributed by atoms with van der Waals surface area (Å²) in [5, 5.41) is 3.22. The molecule has 1 N–H and O–H groups in total. The molecule has 0 unspecified atom stereocenters. The zero-order chi connectivity index (χ0) is 13.8. The van der Waals surface area contributed by atoms with Gasteiger partial charge < -0.3 is 10.2 Å². The molecule has 2 aliphatic rings. The molecule has 1 amide bonds. The van der Waals surface area contributed by atoms with Gasteiger partial charge in [0.1, 0.15) is 0 Å². The van der Waals surface area contributed by atoms with Crippen molar-refractivity contribution in [2.24, 2.45) is 0 Å². The number of likely N-dealkylation sites (tertiary alicyclic amines) is 1. The van der Waals surface area contributed by atoms with Crippen LogP contribution in [0.4, 0.5) is 8.78 Å². The number of halogens is 2. The Balaban J connectivity index is 1.90. The molecular formula is C14H20F2N2O. The maximum atomic E-state index is 12.9. The van der Waals surface area contributed by atoms with Crippen LogP contribution in [0.15, 0.2) is 23.4 Å². The van der Waals surface area contributed by atoms with Gasteiger partial charge in [0.25, 0.3) is 6.43 Å². The van der Waals surface area contributed by atoms with E-state index >= 15 is 0 Å². The van der Waals surface area contributed by atoms with Crippen LogP contribution in [0.3, 0.4) is 0 Å². The molecule has 0 saturated carbocycles. The monoisotopic (exact) mass is 270 g/mol. The van der Waals surface area contributed by atoms with E-state index in [2.05, 4.69) is 5.32 Å². The summed E-state index contributed by atoms with van der Waals surface area (Å²) in [6.45, 7) is 2.97. The molecule has 1 aliphatic carbocycles. The molecule has 1 saturated heterocycles. The lowest BCUT2D eigenvalue weighted by Crippen LogP contribution is -2.44. The van der Waals surface area contributed by atoms with Gasteiger partial charge in [0.05, 0.1) is 0 Å². The van der Waals surface area contributed by atoms with Crippen molar-refractivity contribution in [3.05, 3.63) is 23.4 Å². The molecule has 3 nitrogen and oxygen atoms in total. The van der Waals surface area contributed by atoms with Gasteiger partial charge in [-0.05, 0) is 25.7 Å². The Hall–Kier alpha value is -1.39. The average molecular weight is 270 g/mol. The van der Waals surface area contributed by atoms with E-state index in [1.807, 2.05) is 6.08 Å². The summed E-state index contributed by atoms with van der Waals surface area (Å²) < 4.78 is 25.8. The van der Waals surface area contributed by atoms with Crippen LogP contribution in [-0.4, -0.2) is 36.4 Å². The smallest absolute Gasteiger partial charge is 0.265 e. The fourth-order valence-corrected chi connectivity index (χ4v) is 2.60. The van der Waals surface area contributed by atoms with Crippen LogP contribution >= 0.6 is 0 Å². The van der Waals surface area contributed by atoms with E-state index in [1.54, 1.807) is 17.9 Å². The molecule has 0 radical (unpaired) electrons. The molecule has 2 rings (SSSR count). The lowest BCUT2D eigenvalue weighted by Gasteiger charge is -2.33. The number of alkyl halides is 2. The standard InChI is InChI=1S/C14H20F2N2O/c1-10(19)18-8-6-11(7-9-18)17-13-5-3-2-4-12(13)14(15)16/h4-5,11,14,17H,2-3,6-9H2,1H3. The minimum absolute atomic E-state index is 0.0866. The summed E-state index contributed by atoms with van der Waals surface area (Å²) >= 11 is 0. The number of amides is 1. The second-order valence-electron chi connectivity index (χ2n) is 5.08. The first-order chi connectivity index (χ1) is 9.08. The van der Waals surface area contributed by atoms with E-state index in [-0.39, 0.29) is 17.5 Å². The largest absolute Gasteiger partial charge is 0.382 e. The molecule has 0 aromatic carbocycles. The normalized spacial score (nSPS) is 21.2. The molecular weight excluding hydrogens is 250 g/mol. The van der Waals surface area contributed by atoms with E-state index in [1.165, 1.54) is 0 Å². The van der Waals surface area contributed by atoms with Crippen LogP contribution in [0.5, 0.6) is 0 Å². The molecule has 1 aliphatic heterocycles. The van der Waals surface area contributed by atoms with Crippen LogP contribution in [0.25, 0.3) is 0 Å². The van der Waals surface area contributed by atoms with Gasteiger partial charge in [-0.15, -0.1) is 0 Å². The van der Waals surface area contributed by atoms with E-state index < -0.39 is 6.43 Å². The number of piperidine rings is 1. The van der Waals surface area contributed by atoms with Gasteiger partial charge in [-0.3, -0.25) is 4.79 Å². The highest BCUT2D eigenvalue weighted by Gasteiger charge is 2.24. The fourth-order valence-electron chi connectivity index (χ4n) is 2.60. The van der Waals surface area contributed by atoms with Crippen molar-refractivity contribution in [2.45, 2.75) is 45.1 Å². The third-order valence-corrected chi connectivity index (χ3v) is 3.73. The second-order valence-corrected chi connectivity index (χ2v) is 5.08. The van der Waals surface area contributed by atoms with Crippen LogP contribution in [0.2, 0.25) is 0 Å². The Bertz CT molecular complexity index is 396. The van der Waals surface area contributed by atoms with Crippen molar-refractivity contribution in [3.63, 3.8) is 0 Å². The number of hydrogen-bond donors (Lipinski definition) is 1. The predicted octanol–water partition coefficient (Wildman–Crippen LogP) is 2.46. The third kappa shape index (κ3) is 3.55. The zero-order valence-electron chi connectivity index (χ0n) is 11.2. The molecule has 0 aromatic heterocycles. The second kappa shape index (κ2) is 6.17. The van der Waals surface area contributed by atoms with Gasteiger partial charge in [0, 0.05) is 37.3 Å². The lowest BCUT2D eigenvalue weighted by molar-refractivity contribution is -0.129. The lowest BCUT2D eigenvalue weighted by atomic mass is 10.00. The first kappa shape index (κ1) is 14.0. The Morgan fingerprint density at radius 3 is 2.53 bits per heavy atom. The van der Waals surface area contributed by atoms with Crippen molar-refractivity contribution in [3.8, 4) is 0 Å². The van der Waals surface area contributed by atoms with Gasteiger partial charge in [-0.2, -0.15) is 0 Å².